The Labute approximate surface area is 123 Å². The van der Waals surface area contributed by atoms with E-state index in [2.05, 4.69) is 10.6 Å². The molecule has 1 fully saturated rings. The van der Waals surface area contributed by atoms with Crippen molar-refractivity contribution in [3.8, 4) is 0 Å². The third-order valence-electron chi connectivity index (χ3n) is 3.30. The van der Waals surface area contributed by atoms with Crippen molar-refractivity contribution in [1.82, 2.24) is 15.5 Å². The van der Waals surface area contributed by atoms with Gasteiger partial charge in [-0.05, 0) is 37.5 Å². The summed E-state index contributed by atoms with van der Waals surface area (Å²) in [5.74, 6) is -0.597. The molecule has 0 unspecified atom stereocenters. The van der Waals surface area contributed by atoms with Crippen molar-refractivity contribution in [1.29, 1.82) is 0 Å². The van der Waals surface area contributed by atoms with Crippen LogP contribution in [-0.2, 0) is 11.3 Å². The third-order valence-corrected chi connectivity index (χ3v) is 3.30. The minimum absolute atomic E-state index is 0.166. The molecular formula is C15H20FN3O2. The number of amides is 3. The topological polar surface area (TPSA) is 61.4 Å². The number of rotatable bonds is 6. The number of nitrogens with one attached hydrogen (secondary N) is 2. The summed E-state index contributed by atoms with van der Waals surface area (Å²) in [5, 5.41) is 4.82. The van der Waals surface area contributed by atoms with E-state index in [0.29, 0.717) is 19.1 Å². The highest BCUT2D eigenvalue weighted by atomic mass is 19.1. The van der Waals surface area contributed by atoms with E-state index >= 15 is 0 Å². The van der Waals surface area contributed by atoms with Gasteiger partial charge in [-0.25, -0.2) is 9.18 Å². The number of carbonyl (C=O) groups is 2. The van der Waals surface area contributed by atoms with Gasteiger partial charge in [-0.15, -0.1) is 0 Å². The molecule has 6 heteroatoms. The van der Waals surface area contributed by atoms with Gasteiger partial charge in [0.15, 0.2) is 0 Å². The molecule has 1 aromatic carbocycles. The highest BCUT2D eigenvalue weighted by molar-refractivity contribution is 5.95. The van der Waals surface area contributed by atoms with Crippen LogP contribution in [0.5, 0.6) is 0 Å². The molecule has 0 saturated heterocycles. The molecule has 0 heterocycles. The molecule has 5 nitrogen and oxygen atoms in total. The monoisotopic (exact) mass is 293 g/mol. The molecule has 3 amide bonds. The van der Waals surface area contributed by atoms with Crippen LogP contribution in [0.2, 0.25) is 0 Å². The number of hydrogen-bond donors (Lipinski definition) is 2. The molecule has 1 aromatic rings. The van der Waals surface area contributed by atoms with Crippen molar-refractivity contribution in [2.75, 3.05) is 13.1 Å². The van der Waals surface area contributed by atoms with Crippen LogP contribution in [0.25, 0.3) is 0 Å². The van der Waals surface area contributed by atoms with E-state index in [1.165, 1.54) is 12.1 Å². The van der Waals surface area contributed by atoms with Crippen LogP contribution in [0, 0.1) is 5.82 Å². The summed E-state index contributed by atoms with van der Waals surface area (Å²) in [4.78, 5) is 25.2. The highest BCUT2D eigenvalue weighted by Crippen LogP contribution is 2.28. The van der Waals surface area contributed by atoms with Crippen molar-refractivity contribution >= 4 is 11.9 Å². The molecule has 0 radical (unpaired) electrons. The van der Waals surface area contributed by atoms with Crippen molar-refractivity contribution in [3.05, 3.63) is 35.6 Å². The number of nitrogens with zero attached hydrogens (tertiary/aromatic N) is 1. The van der Waals surface area contributed by atoms with Gasteiger partial charge in [0, 0.05) is 19.1 Å². The average molecular weight is 293 g/mol. The number of halogens is 1. The summed E-state index contributed by atoms with van der Waals surface area (Å²) >= 11 is 0. The predicted molar refractivity (Wildman–Crippen MR) is 77.0 cm³/mol. The van der Waals surface area contributed by atoms with Crippen LogP contribution in [0.1, 0.15) is 25.3 Å². The first-order chi connectivity index (χ1) is 10.1. The lowest BCUT2D eigenvalue weighted by Crippen LogP contribution is -2.44. The minimum atomic E-state index is -0.472. The van der Waals surface area contributed by atoms with Crippen LogP contribution in [0.3, 0.4) is 0 Å². The zero-order valence-electron chi connectivity index (χ0n) is 12.1. The molecule has 2 rings (SSSR count). The highest BCUT2D eigenvalue weighted by Gasteiger charge is 2.30. The van der Waals surface area contributed by atoms with Gasteiger partial charge in [0.25, 0.3) is 0 Å². The third kappa shape index (κ3) is 5.15. The molecule has 0 spiro atoms. The van der Waals surface area contributed by atoms with Gasteiger partial charge in [-0.2, -0.15) is 0 Å². The van der Waals surface area contributed by atoms with Gasteiger partial charge in [0.2, 0.25) is 5.91 Å². The maximum atomic E-state index is 12.9. The normalized spacial score (nSPS) is 14.0. The molecule has 0 atom stereocenters. The van der Waals surface area contributed by atoms with Gasteiger partial charge in [0.1, 0.15) is 5.82 Å². The lowest BCUT2D eigenvalue weighted by atomic mass is 10.2. The summed E-state index contributed by atoms with van der Waals surface area (Å²) in [6.45, 7) is 3.00. The van der Waals surface area contributed by atoms with Crippen molar-refractivity contribution in [2.24, 2.45) is 0 Å². The number of carbonyl (C=O) groups excluding carboxylic acids is 2. The maximum absolute atomic E-state index is 12.9. The van der Waals surface area contributed by atoms with E-state index < -0.39 is 6.03 Å². The standard InChI is InChI=1S/C15H20FN3O2/c1-2-17-15(21)18-14(20)10-19(13-7-8-13)9-11-3-5-12(16)6-4-11/h3-6,13H,2,7-10H2,1H3,(H2,17,18,20,21). The van der Waals surface area contributed by atoms with Gasteiger partial charge in [-0.3, -0.25) is 15.0 Å². The van der Waals surface area contributed by atoms with E-state index in [4.69, 9.17) is 0 Å². The second-order valence-electron chi connectivity index (χ2n) is 5.17. The van der Waals surface area contributed by atoms with Crippen LogP contribution in [0.4, 0.5) is 9.18 Å². The fourth-order valence-electron chi connectivity index (χ4n) is 2.13. The molecule has 114 valence electrons. The predicted octanol–water partition coefficient (Wildman–Crippen LogP) is 1.64. The lowest BCUT2D eigenvalue weighted by molar-refractivity contribution is -0.121. The second-order valence-corrected chi connectivity index (χ2v) is 5.17. The number of imide groups is 1. The molecule has 0 aromatic heterocycles. The Kier molecular flexibility index (Phi) is 5.27. The van der Waals surface area contributed by atoms with Gasteiger partial charge >= 0.3 is 6.03 Å². The largest absolute Gasteiger partial charge is 0.338 e. The van der Waals surface area contributed by atoms with Gasteiger partial charge in [0.05, 0.1) is 6.54 Å². The first kappa shape index (κ1) is 15.4. The first-order valence-electron chi connectivity index (χ1n) is 7.14. The lowest BCUT2D eigenvalue weighted by Gasteiger charge is -2.21. The fourth-order valence-corrected chi connectivity index (χ4v) is 2.13. The summed E-state index contributed by atoms with van der Waals surface area (Å²) in [6, 6.07) is 6.15. The summed E-state index contributed by atoms with van der Waals surface area (Å²) in [5.41, 5.74) is 0.953. The molecule has 0 aliphatic heterocycles. The summed E-state index contributed by atoms with van der Waals surface area (Å²) in [7, 11) is 0. The Bertz CT molecular complexity index is 500. The minimum Gasteiger partial charge on any atom is -0.338 e. The van der Waals surface area contributed by atoms with Crippen LogP contribution in [0.15, 0.2) is 24.3 Å². The van der Waals surface area contributed by atoms with Crippen molar-refractivity contribution in [2.45, 2.75) is 32.4 Å². The molecular weight excluding hydrogens is 273 g/mol. The molecule has 1 aliphatic carbocycles. The average Bonchev–Trinajstić information content (AvgIpc) is 3.25. The second kappa shape index (κ2) is 7.17. The first-order valence-corrected chi connectivity index (χ1v) is 7.14. The summed E-state index contributed by atoms with van der Waals surface area (Å²) < 4.78 is 12.9. The van der Waals surface area contributed by atoms with Crippen LogP contribution >= 0.6 is 0 Å². The fraction of sp³-hybridized carbons (Fsp3) is 0.467. The Hall–Kier alpha value is -1.95. The molecule has 1 saturated carbocycles. The summed E-state index contributed by atoms with van der Waals surface area (Å²) in [6.07, 6.45) is 2.10. The Balaban J connectivity index is 1.88. The number of hydrogen-bond acceptors (Lipinski definition) is 3. The van der Waals surface area contributed by atoms with E-state index in [9.17, 15) is 14.0 Å². The van der Waals surface area contributed by atoms with Crippen LogP contribution in [-0.4, -0.2) is 36.0 Å². The van der Waals surface area contributed by atoms with Gasteiger partial charge in [-0.1, -0.05) is 12.1 Å². The Morgan fingerprint density at radius 3 is 2.52 bits per heavy atom. The van der Waals surface area contributed by atoms with Crippen molar-refractivity contribution < 1.29 is 14.0 Å². The SMILES string of the molecule is CCNC(=O)NC(=O)CN(Cc1ccc(F)cc1)C1CC1. The molecule has 2 N–H and O–H groups in total. The van der Waals surface area contributed by atoms with E-state index in [-0.39, 0.29) is 18.3 Å². The Morgan fingerprint density at radius 1 is 1.29 bits per heavy atom. The van der Waals surface area contributed by atoms with E-state index in [1.54, 1.807) is 19.1 Å². The van der Waals surface area contributed by atoms with Crippen LogP contribution < -0.4 is 10.6 Å². The van der Waals surface area contributed by atoms with E-state index in [1.807, 2.05) is 4.90 Å². The molecule has 1 aliphatic rings. The zero-order valence-corrected chi connectivity index (χ0v) is 12.1. The quantitative estimate of drug-likeness (QED) is 0.838. The smallest absolute Gasteiger partial charge is 0.321 e. The Morgan fingerprint density at radius 2 is 1.95 bits per heavy atom. The molecule has 21 heavy (non-hydrogen) atoms. The molecule has 0 bridgehead atoms. The maximum Gasteiger partial charge on any atom is 0.321 e. The van der Waals surface area contributed by atoms with Crippen molar-refractivity contribution in [3.63, 3.8) is 0 Å². The van der Waals surface area contributed by atoms with E-state index in [0.717, 1.165) is 18.4 Å². The number of urea groups is 1. The number of benzene rings is 1. The zero-order chi connectivity index (χ0) is 15.2. The van der Waals surface area contributed by atoms with Gasteiger partial charge < -0.3 is 5.32 Å².